The van der Waals surface area contributed by atoms with Gasteiger partial charge in [0, 0.05) is 24.0 Å². The largest absolute Gasteiger partial charge is 0.339 e. The number of aromatic nitrogens is 3. The minimum Gasteiger partial charge on any atom is -0.339 e. The predicted molar refractivity (Wildman–Crippen MR) is 71.1 cm³/mol. The van der Waals surface area contributed by atoms with Gasteiger partial charge in [0.05, 0.1) is 5.02 Å². The number of carbonyl (C=O) groups is 1. The molecular weight excluding hydrogens is 252 g/mol. The summed E-state index contributed by atoms with van der Waals surface area (Å²) < 4.78 is 1.83. The molecule has 0 aromatic carbocycles. The number of nitrogens with zero attached hydrogens (tertiary/aromatic N) is 2. The monoisotopic (exact) mass is 266 g/mol. The topological polar surface area (TPSA) is 62.7 Å². The zero-order valence-corrected chi connectivity index (χ0v) is 11.2. The van der Waals surface area contributed by atoms with Crippen LogP contribution in [0.2, 0.25) is 5.02 Å². The van der Waals surface area contributed by atoms with Crippen molar-refractivity contribution in [3.05, 3.63) is 34.7 Å². The van der Waals surface area contributed by atoms with Gasteiger partial charge in [0.1, 0.15) is 5.69 Å². The Bertz CT molecular complexity index is 570. The summed E-state index contributed by atoms with van der Waals surface area (Å²) in [5.41, 5.74) is 1.42. The Balaban J connectivity index is 2.23. The highest BCUT2D eigenvalue weighted by atomic mass is 35.5. The fourth-order valence-electron chi connectivity index (χ4n) is 1.72. The summed E-state index contributed by atoms with van der Waals surface area (Å²) in [5.74, 6) is 0.284. The number of anilines is 1. The van der Waals surface area contributed by atoms with E-state index in [1.165, 1.54) is 0 Å². The summed E-state index contributed by atoms with van der Waals surface area (Å²) in [6.45, 7) is 5.86. The van der Waals surface area contributed by atoms with Crippen molar-refractivity contribution in [3.63, 3.8) is 0 Å². The van der Waals surface area contributed by atoms with Crippen LogP contribution in [0.3, 0.4) is 0 Å². The standard InChI is InChI=1S/C12H15ClN4O/c1-7(2)17-6-9(13)5-10(17)12(18)14-11-4-8(3)15-16-11/h4-7H,1-3H3,(H2,14,15,16,18). The van der Waals surface area contributed by atoms with Crippen LogP contribution in [0.15, 0.2) is 18.3 Å². The van der Waals surface area contributed by atoms with E-state index in [1.54, 1.807) is 18.3 Å². The van der Waals surface area contributed by atoms with Crippen LogP contribution in [-0.2, 0) is 0 Å². The molecule has 2 heterocycles. The number of halogens is 1. The summed E-state index contributed by atoms with van der Waals surface area (Å²) in [4.78, 5) is 12.1. The smallest absolute Gasteiger partial charge is 0.273 e. The molecule has 0 unspecified atom stereocenters. The van der Waals surface area contributed by atoms with Crippen LogP contribution in [-0.4, -0.2) is 20.7 Å². The van der Waals surface area contributed by atoms with Gasteiger partial charge in [0.25, 0.3) is 5.91 Å². The molecule has 1 amide bonds. The number of carbonyl (C=O) groups excluding carboxylic acids is 1. The van der Waals surface area contributed by atoms with Gasteiger partial charge in [-0.25, -0.2) is 0 Å². The Labute approximate surface area is 110 Å². The van der Waals surface area contributed by atoms with E-state index in [0.717, 1.165) is 5.69 Å². The van der Waals surface area contributed by atoms with Crippen LogP contribution < -0.4 is 5.32 Å². The highest BCUT2D eigenvalue weighted by Crippen LogP contribution is 2.19. The van der Waals surface area contributed by atoms with E-state index in [9.17, 15) is 4.79 Å². The number of rotatable bonds is 3. The lowest BCUT2D eigenvalue weighted by Crippen LogP contribution is -2.17. The van der Waals surface area contributed by atoms with Crippen molar-refractivity contribution < 1.29 is 4.79 Å². The number of aryl methyl sites for hydroxylation is 1. The van der Waals surface area contributed by atoms with Crippen LogP contribution in [0, 0.1) is 6.92 Å². The molecule has 6 heteroatoms. The molecule has 0 fully saturated rings. The Kier molecular flexibility index (Phi) is 3.43. The van der Waals surface area contributed by atoms with Crippen LogP contribution in [0.25, 0.3) is 0 Å². The van der Waals surface area contributed by atoms with Gasteiger partial charge in [-0.2, -0.15) is 5.10 Å². The Hall–Kier alpha value is -1.75. The summed E-state index contributed by atoms with van der Waals surface area (Å²) >= 11 is 5.94. The molecule has 0 aliphatic rings. The molecule has 2 aromatic heterocycles. The maximum absolute atomic E-state index is 12.1. The van der Waals surface area contributed by atoms with Crippen molar-refractivity contribution in [2.45, 2.75) is 26.8 Å². The zero-order valence-electron chi connectivity index (χ0n) is 10.5. The minimum absolute atomic E-state index is 0.166. The average molecular weight is 267 g/mol. The quantitative estimate of drug-likeness (QED) is 0.897. The van der Waals surface area contributed by atoms with Gasteiger partial charge in [-0.3, -0.25) is 9.89 Å². The number of hydrogen-bond donors (Lipinski definition) is 2. The summed E-state index contributed by atoms with van der Waals surface area (Å²) in [5, 5.41) is 10.0. The second-order valence-electron chi connectivity index (χ2n) is 4.43. The van der Waals surface area contributed by atoms with Crippen LogP contribution in [0.1, 0.15) is 36.1 Å². The molecule has 0 saturated carbocycles. The minimum atomic E-state index is -0.220. The molecule has 2 N–H and O–H groups in total. The molecule has 2 rings (SSSR count). The molecular formula is C12H15ClN4O. The van der Waals surface area contributed by atoms with E-state index in [2.05, 4.69) is 15.5 Å². The SMILES string of the molecule is Cc1cc(NC(=O)c2cc(Cl)cn2C(C)C)n[nH]1. The Morgan fingerprint density at radius 1 is 1.50 bits per heavy atom. The van der Waals surface area contributed by atoms with E-state index in [4.69, 9.17) is 11.6 Å². The summed E-state index contributed by atoms with van der Waals surface area (Å²) in [6, 6.07) is 3.58. The maximum atomic E-state index is 12.1. The first-order valence-electron chi connectivity index (χ1n) is 5.68. The summed E-state index contributed by atoms with van der Waals surface area (Å²) in [7, 11) is 0. The molecule has 0 bridgehead atoms. The highest BCUT2D eigenvalue weighted by Gasteiger charge is 2.16. The fourth-order valence-corrected chi connectivity index (χ4v) is 1.93. The first-order chi connectivity index (χ1) is 8.47. The maximum Gasteiger partial charge on any atom is 0.273 e. The molecule has 2 aromatic rings. The normalized spacial score (nSPS) is 10.9. The van der Waals surface area contributed by atoms with Gasteiger partial charge in [0.2, 0.25) is 0 Å². The molecule has 18 heavy (non-hydrogen) atoms. The third-order valence-corrected chi connectivity index (χ3v) is 2.76. The van der Waals surface area contributed by atoms with E-state index < -0.39 is 0 Å². The lowest BCUT2D eigenvalue weighted by Gasteiger charge is -2.11. The average Bonchev–Trinajstić information content (AvgIpc) is 2.85. The molecule has 0 aliphatic heterocycles. The van der Waals surface area contributed by atoms with Crippen LogP contribution in [0.4, 0.5) is 5.82 Å². The third kappa shape index (κ3) is 2.56. The number of H-pyrrole nitrogens is 1. The third-order valence-electron chi connectivity index (χ3n) is 2.55. The van der Waals surface area contributed by atoms with Crippen LogP contribution in [0.5, 0.6) is 0 Å². The van der Waals surface area contributed by atoms with Crippen molar-refractivity contribution in [1.29, 1.82) is 0 Å². The number of aromatic amines is 1. The van der Waals surface area contributed by atoms with Gasteiger partial charge in [-0.1, -0.05) is 11.6 Å². The van der Waals surface area contributed by atoms with Gasteiger partial charge >= 0.3 is 0 Å². The lowest BCUT2D eigenvalue weighted by molar-refractivity contribution is 0.101. The Morgan fingerprint density at radius 2 is 2.22 bits per heavy atom. The van der Waals surface area contributed by atoms with E-state index >= 15 is 0 Å². The summed E-state index contributed by atoms with van der Waals surface area (Å²) in [6.07, 6.45) is 1.75. The van der Waals surface area contributed by atoms with Crippen molar-refractivity contribution >= 4 is 23.3 Å². The second-order valence-corrected chi connectivity index (χ2v) is 4.87. The van der Waals surface area contributed by atoms with Crippen molar-refractivity contribution in [3.8, 4) is 0 Å². The molecule has 0 saturated heterocycles. The highest BCUT2D eigenvalue weighted by molar-refractivity contribution is 6.31. The van der Waals surface area contributed by atoms with Crippen molar-refractivity contribution in [2.24, 2.45) is 0 Å². The Morgan fingerprint density at radius 3 is 2.78 bits per heavy atom. The first kappa shape index (κ1) is 12.7. The van der Waals surface area contributed by atoms with Gasteiger partial charge in [-0.05, 0) is 26.8 Å². The predicted octanol–water partition coefficient (Wildman–Crippen LogP) is 3.01. The molecule has 0 spiro atoms. The van der Waals surface area contributed by atoms with Gasteiger partial charge < -0.3 is 9.88 Å². The van der Waals surface area contributed by atoms with Crippen molar-refractivity contribution in [2.75, 3.05) is 5.32 Å². The van der Waals surface area contributed by atoms with Crippen molar-refractivity contribution in [1.82, 2.24) is 14.8 Å². The molecule has 0 radical (unpaired) electrons. The molecule has 0 atom stereocenters. The van der Waals surface area contributed by atoms with E-state index in [1.807, 2.05) is 25.3 Å². The van der Waals surface area contributed by atoms with Gasteiger partial charge in [-0.15, -0.1) is 0 Å². The number of nitrogens with one attached hydrogen (secondary N) is 2. The molecule has 5 nitrogen and oxygen atoms in total. The number of amides is 1. The zero-order chi connectivity index (χ0) is 13.3. The first-order valence-corrected chi connectivity index (χ1v) is 6.06. The molecule has 0 aliphatic carbocycles. The lowest BCUT2D eigenvalue weighted by atomic mass is 10.3. The second kappa shape index (κ2) is 4.86. The van der Waals surface area contributed by atoms with Crippen LogP contribution >= 0.6 is 11.6 Å². The number of hydrogen-bond acceptors (Lipinski definition) is 2. The van der Waals surface area contributed by atoms with E-state index in [-0.39, 0.29) is 11.9 Å². The molecule has 96 valence electrons. The fraction of sp³-hybridized carbons (Fsp3) is 0.333. The van der Waals surface area contributed by atoms with E-state index in [0.29, 0.717) is 16.5 Å². The van der Waals surface area contributed by atoms with Gasteiger partial charge in [0.15, 0.2) is 5.82 Å².